The molecule has 2 aliphatic heterocycles. The van der Waals surface area contributed by atoms with Crippen molar-refractivity contribution in [1.82, 2.24) is 30.2 Å². The summed E-state index contributed by atoms with van der Waals surface area (Å²) in [6, 6.07) is 13.5. The highest BCUT2D eigenvalue weighted by Crippen LogP contribution is 2.30. The number of morpholine rings is 1. The van der Waals surface area contributed by atoms with Crippen molar-refractivity contribution in [2.75, 3.05) is 49.6 Å². The van der Waals surface area contributed by atoms with Crippen LogP contribution in [0.5, 0.6) is 0 Å². The number of benzene rings is 1. The largest absolute Gasteiger partial charge is 0.444 e. The topological polar surface area (TPSA) is 138 Å². The highest BCUT2D eigenvalue weighted by Gasteiger charge is 2.24. The molecule has 3 N–H and O–H groups in total. The van der Waals surface area contributed by atoms with Crippen LogP contribution in [0.25, 0.3) is 22.3 Å². The van der Waals surface area contributed by atoms with E-state index >= 15 is 0 Å². The van der Waals surface area contributed by atoms with Crippen LogP contribution in [0.4, 0.5) is 16.3 Å². The van der Waals surface area contributed by atoms with Crippen molar-refractivity contribution in [3.63, 3.8) is 0 Å². The molecule has 5 heterocycles. The number of carbonyl (C=O) groups is 2. The number of piperidine rings is 1. The van der Waals surface area contributed by atoms with E-state index in [1.807, 2.05) is 57.2 Å². The zero-order valence-corrected chi connectivity index (χ0v) is 26.0. The minimum Gasteiger partial charge on any atom is -0.444 e. The number of H-pyrrole nitrogens is 1. The van der Waals surface area contributed by atoms with Gasteiger partial charge in [0.05, 0.1) is 18.6 Å². The van der Waals surface area contributed by atoms with Crippen LogP contribution in [0, 0.1) is 0 Å². The average molecular weight is 613 g/mol. The van der Waals surface area contributed by atoms with Crippen LogP contribution in [0.3, 0.4) is 0 Å². The molecule has 4 aromatic rings. The normalized spacial score (nSPS) is 17.7. The van der Waals surface area contributed by atoms with Gasteiger partial charge in [-0.15, -0.1) is 0 Å². The standard InChI is InChI=1S/C33H40N8O4/c1-33(2,3)45-32(43)38-25-5-4-12-40(20-25)19-22-10-11-34-28(17-22)31(42)37-24-8-6-23(7-9-24)27-18-26-29(39-27)35-21-36-30(26)41-13-15-44-16-14-41/h6-11,17-18,21,25H,4-5,12-16,19-20H2,1-3H3,(H,37,42)(H,38,43)(H,35,36,39). The Balaban J connectivity index is 1.07. The van der Waals surface area contributed by atoms with E-state index < -0.39 is 11.7 Å². The number of rotatable bonds is 7. The number of pyridine rings is 1. The Morgan fingerprint density at radius 1 is 1.04 bits per heavy atom. The van der Waals surface area contributed by atoms with Gasteiger partial charge in [-0.1, -0.05) is 12.1 Å². The van der Waals surface area contributed by atoms with Crippen LogP contribution in [0.15, 0.2) is 55.0 Å². The van der Waals surface area contributed by atoms with Crippen LogP contribution in [0.2, 0.25) is 0 Å². The molecule has 0 bridgehead atoms. The second-order valence-electron chi connectivity index (χ2n) is 12.5. The third-order valence-electron chi connectivity index (χ3n) is 7.86. The van der Waals surface area contributed by atoms with E-state index in [1.165, 1.54) is 0 Å². The molecule has 0 radical (unpaired) electrons. The van der Waals surface area contributed by atoms with Gasteiger partial charge < -0.3 is 30.0 Å². The summed E-state index contributed by atoms with van der Waals surface area (Å²) < 4.78 is 10.9. The van der Waals surface area contributed by atoms with E-state index in [9.17, 15) is 9.59 Å². The summed E-state index contributed by atoms with van der Waals surface area (Å²) in [5.74, 6) is 0.630. The number of aromatic nitrogens is 4. The lowest BCUT2D eigenvalue weighted by atomic mass is 10.0. The number of hydrogen-bond acceptors (Lipinski definition) is 9. The Hall–Kier alpha value is -4.55. The predicted molar refractivity (Wildman–Crippen MR) is 172 cm³/mol. The Kier molecular flexibility index (Phi) is 8.95. The zero-order chi connectivity index (χ0) is 31.4. The molecule has 1 aromatic carbocycles. The summed E-state index contributed by atoms with van der Waals surface area (Å²) in [7, 11) is 0. The molecule has 1 atom stereocenters. The summed E-state index contributed by atoms with van der Waals surface area (Å²) in [6.07, 6.45) is 4.73. The molecule has 236 valence electrons. The third kappa shape index (κ3) is 7.76. The van der Waals surface area contributed by atoms with Gasteiger partial charge in [-0.3, -0.25) is 14.7 Å². The molecule has 6 rings (SSSR count). The minimum absolute atomic E-state index is 0.0188. The Morgan fingerprint density at radius 3 is 2.62 bits per heavy atom. The average Bonchev–Trinajstić information content (AvgIpc) is 3.46. The van der Waals surface area contributed by atoms with Crippen LogP contribution in [-0.2, 0) is 16.0 Å². The fourth-order valence-corrected chi connectivity index (χ4v) is 5.78. The molecule has 2 amide bonds. The smallest absolute Gasteiger partial charge is 0.407 e. The monoisotopic (exact) mass is 612 g/mol. The molecule has 12 nitrogen and oxygen atoms in total. The molecule has 0 saturated carbocycles. The first-order valence-electron chi connectivity index (χ1n) is 15.5. The zero-order valence-electron chi connectivity index (χ0n) is 26.0. The fourth-order valence-electron chi connectivity index (χ4n) is 5.78. The second-order valence-corrected chi connectivity index (χ2v) is 12.5. The number of amides is 2. The maximum atomic E-state index is 13.1. The maximum absolute atomic E-state index is 13.1. The van der Waals surface area contributed by atoms with Crippen LogP contribution < -0.4 is 15.5 Å². The Labute approximate surface area is 262 Å². The third-order valence-corrected chi connectivity index (χ3v) is 7.86. The summed E-state index contributed by atoms with van der Waals surface area (Å²) in [5, 5.41) is 6.93. The lowest BCUT2D eigenvalue weighted by molar-refractivity contribution is 0.0470. The summed E-state index contributed by atoms with van der Waals surface area (Å²) in [5.41, 5.74) is 4.16. The number of nitrogens with zero attached hydrogens (tertiary/aromatic N) is 5. The summed E-state index contributed by atoms with van der Waals surface area (Å²) in [6.45, 7) is 10.8. The second kappa shape index (κ2) is 13.2. The first kappa shape index (κ1) is 30.5. The first-order valence-corrected chi connectivity index (χ1v) is 15.5. The molecule has 1 unspecified atom stereocenters. The molecule has 2 aliphatic rings. The van der Waals surface area contributed by atoms with Crippen LogP contribution in [0.1, 0.15) is 49.7 Å². The van der Waals surface area contributed by atoms with Gasteiger partial charge in [0.25, 0.3) is 5.91 Å². The number of likely N-dealkylation sites (tertiary alicyclic amines) is 1. The van der Waals surface area contributed by atoms with Crippen LogP contribution in [-0.4, -0.2) is 87.9 Å². The van der Waals surface area contributed by atoms with Crippen molar-refractivity contribution < 1.29 is 19.1 Å². The summed E-state index contributed by atoms with van der Waals surface area (Å²) in [4.78, 5) is 46.6. The molecule has 12 heteroatoms. The van der Waals surface area contributed by atoms with Gasteiger partial charge in [0.2, 0.25) is 0 Å². The molecule has 0 spiro atoms. The van der Waals surface area contributed by atoms with Crippen molar-refractivity contribution >= 4 is 34.5 Å². The van der Waals surface area contributed by atoms with Gasteiger partial charge in [-0.2, -0.15) is 0 Å². The Bertz CT molecular complexity index is 1640. The van der Waals surface area contributed by atoms with Gasteiger partial charge in [0.1, 0.15) is 29.1 Å². The number of aromatic amines is 1. The highest BCUT2D eigenvalue weighted by atomic mass is 16.6. The number of carbonyl (C=O) groups excluding carboxylic acids is 2. The number of anilines is 2. The van der Waals surface area contributed by atoms with E-state index in [1.54, 1.807) is 12.5 Å². The molecule has 2 saturated heterocycles. The van der Waals surface area contributed by atoms with E-state index in [0.717, 1.165) is 66.1 Å². The van der Waals surface area contributed by atoms with E-state index in [0.29, 0.717) is 37.7 Å². The lowest BCUT2D eigenvalue weighted by Crippen LogP contribution is -2.48. The van der Waals surface area contributed by atoms with E-state index in [4.69, 9.17) is 9.47 Å². The molecule has 3 aromatic heterocycles. The highest BCUT2D eigenvalue weighted by molar-refractivity contribution is 6.03. The number of hydrogen-bond donors (Lipinski definition) is 3. The van der Waals surface area contributed by atoms with Gasteiger partial charge in [-0.25, -0.2) is 14.8 Å². The fraction of sp³-hybridized carbons (Fsp3) is 0.424. The van der Waals surface area contributed by atoms with Crippen molar-refractivity contribution in [2.24, 2.45) is 0 Å². The van der Waals surface area contributed by atoms with Gasteiger partial charge in [0, 0.05) is 49.8 Å². The minimum atomic E-state index is -0.533. The van der Waals surface area contributed by atoms with E-state index in [-0.39, 0.29) is 11.9 Å². The van der Waals surface area contributed by atoms with Crippen molar-refractivity contribution in [2.45, 2.75) is 51.8 Å². The SMILES string of the molecule is CC(C)(C)OC(=O)NC1CCCN(Cc2ccnc(C(=O)Nc3ccc(-c4cc5c(N6CCOCC6)ncnc5[nH]4)cc3)c2)C1. The van der Waals surface area contributed by atoms with E-state index in [2.05, 4.69) is 46.4 Å². The van der Waals surface area contributed by atoms with Crippen molar-refractivity contribution in [3.8, 4) is 11.3 Å². The molecule has 45 heavy (non-hydrogen) atoms. The quantitative estimate of drug-likeness (QED) is 0.273. The first-order chi connectivity index (χ1) is 21.7. The van der Waals surface area contributed by atoms with Gasteiger partial charge in [-0.05, 0) is 81.6 Å². The van der Waals surface area contributed by atoms with Crippen LogP contribution >= 0.6 is 0 Å². The molecule has 2 fully saturated rings. The number of fused-ring (bicyclic) bond motifs is 1. The molecular weight excluding hydrogens is 572 g/mol. The maximum Gasteiger partial charge on any atom is 0.407 e. The van der Waals surface area contributed by atoms with Gasteiger partial charge >= 0.3 is 6.09 Å². The number of alkyl carbamates (subject to hydrolysis) is 1. The number of nitrogens with one attached hydrogen (secondary N) is 3. The molecule has 0 aliphatic carbocycles. The number of ether oxygens (including phenoxy) is 2. The lowest BCUT2D eigenvalue weighted by Gasteiger charge is -2.33. The van der Waals surface area contributed by atoms with Crippen molar-refractivity contribution in [1.29, 1.82) is 0 Å². The Morgan fingerprint density at radius 2 is 1.84 bits per heavy atom. The van der Waals surface area contributed by atoms with Gasteiger partial charge in [0.15, 0.2) is 0 Å². The van der Waals surface area contributed by atoms with Crippen molar-refractivity contribution in [3.05, 3.63) is 66.2 Å². The summed E-state index contributed by atoms with van der Waals surface area (Å²) >= 11 is 0. The molecular formula is C33H40N8O4. The predicted octanol–water partition coefficient (Wildman–Crippen LogP) is 4.60.